The molecular weight excluding hydrogens is 238 g/mol. The fourth-order valence-electron chi connectivity index (χ4n) is 1.24. The van der Waals surface area contributed by atoms with Crippen LogP contribution < -0.4 is 5.32 Å². The Morgan fingerprint density at radius 1 is 1.21 bits per heavy atom. The van der Waals surface area contributed by atoms with Crippen molar-refractivity contribution in [3.05, 3.63) is 47.0 Å². The second-order valence-corrected chi connectivity index (χ2v) is 3.69. The third-order valence-electron chi connectivity index (χ3n) is 1.99. The number of halogens is 1. The van der Waals surface area contributed by atoms with E-state index in [0.29, 0.717) is 0 Å². The first-order chi connectivity index (χ1) is 6.93. The van der Waals surface area contributed by atoms with Gasteiger partial charge in [-0.15, -0.1) is 0 Å². The van der Waals surface area contributed by atoms with Crippen LogP contribution in [0.25, 0.3) is 0 Å². The second kappa shape index (κ2) is 7.77. The normalized spacial score (nSPS) is 10.9. The Morgan fingerprint density at radius 2 is 2.00 bits per heavy atom. The van der Waals surface area contributed by atoms with Crippen LogP contribution in [0.15, 0.2) is 41.4 Å². The quantitative estimate of drug-likeness (QED) is 0.766. The smallest absolute Gasteiger partial charge is 0.0205 e. The average Bonchev–Trinajstić information content (AvgIpc) is 2.25. The highest BCUT2D eigenvalue weighted by Gasteiger charge is 1.89. The summed E-state index contributed by atoms with van der Waals surface area (Å²) in [5.74, 6) is 0. The summed E-state index contributed by atoms with van der Waals surface area (Å²) in [5, 5.41) is 3.41. The average molecular weight is 254 g/mol. The van der Waals surface area contributed by atoms with Crippen molar-refractivity contribution < 1.29 is 0 Å². The molecule has 0 bridgehead atoms. The zero-order valence-electron chi connectivity index (χ0n) is 8.25. The van der Waals surface area contributed by atoms with Gasteiger partial charge in [0.05, 0.1) is 0 Å². The fraction of sp³-hybridized carbons (Fsp3) is 0.333. The highest BCUT2D eigenvalue weighted by molar-refractivity contribution is 9.11. The number of unbranched alkanes of at least 4 members (excludes halogenated alkanes) is 1. The van der Waals surface area contributed by atoms with Gasteiger partial charge >= 0.3 is 0 Å². The van der Waals surface area contributed by atoms with Crippen molar-refractivity contribution in [2.24, 2.45) is 0 Å². The highest BCUT2D eigenvalue weighted by atomic mass is 79.9. The standard InChI is InChI=1S/C12H16BrN/c13-9-5-2-6-10-14-11-12-7-3-1-4-8-12/h1,3-5,7-9,14H,2,6,10-11H2/b9-5+. The van der Waals surface area contributed by atoms with E-state index in [1.807, 2.05) is 11.1 Å². The van der Waals surface area contributed by atoms with Gasteiger partial charge in [0, 0.05) is 6.54 Å². The topological polar surface area (TPSA) is 12.0 Å². The van der Waals surface area contributed by atoms with Crippen molar-refractivity contribution in [1.82, 2.24) is 5.32 Å². The molecule has 1 aromatic carbocycles. The molecule has 0 aliphatic carbocycles. The Kier molecular flexibility index (Phi) is 6.37. The van der Waals surface area contributed by atoms with E-state index in [1.54, 1.807) is 0 Å². The van der Waals surface area contributed by atoms with Crippen LogP contribution in [0, 0.1) is 0 Å². The Bertz CT molecular complexity index is 256. The van der Waals surface area contributed by atoms with Gasteiger partial charge in [-0.25, -0.2) is 0 Å². The molecule has 0 aliphatic rings. The molecule has 76 valence electrons. The summed E-state index contributed by atoms with van der Waals surface area (Å²) >= 11 is 3.25. The molecule has 0 spiro atoms. The highest BCUT2D eigenvalue weighted by Crippen LogP contribution is 1.98. The first-order valence-corrected chi connectivity index (χ1v) is 5.85. The van der Waals surface area contributed by atoms with Crippen LogP contribution in [-0.4, -0.2) is 6.54 Å². The third-order valence-corrected chi connectivity index (χ3v) is 2.36. The molecule has 0 unspecified atom stereocenters. The van der Waals surface area contributed by atoms with Crippen LogP contribution >= 0.6 is 15.9 Å². The maximum atomic E-state index is 3.41. The van der Waals surface area contributed by atoms with E-state index in [9.17, 15) is 0 Å². The molecule has 0 heterocycles. The van der Waals surface area contributed by atoms with E-state index in [1.165, 1.54) is 12.0 Å². The van der Waals surface area contributed by atoms with Crippen LogP contribution in [0.5, 0.6) is 0 Å². The lowest BCUT2D eigenvalue weighted by molar-refractivity contribution is 0.655. The number of nitrogens with one attached hydrogen (secondary N) is 1. The number of benzene rings is 1. The monoisotopic (exact) mass is 253 g/mol. The SMILES string of the molecule is Br/C=C/CCCNCc1ccccc1. The lowest BCUT2D eigenvalue weighted by Gasteiger charge is -2.02. The van der Waals surface area contributed by atoms with Crippen molar-refractivity contribution in [2.45, 2.75) is 19.4 Å². The lowest BCUT2D eigenvalue weighted by atomic mass is 10.2. The zero-order chi connectivity index (χ0) is 10.1. The maximum absolute atomic E-state index is 3.41. The molecule has 0 saturated carbocycles. The van der Waals surface area contributed by atoms with Crippen LogP contribution in [0.4, 0.5) is 0 Å². The van der Waals surface area contributed by atoms with Gasteiger partial charge in [-0.05, 0) is 29.9 Å². The molecule has 0 fully saturated rings. The number of hydrogen-bond donors (Lipinski definition) is 1. The van der Waals surface area contributed by atoms with Gasteiger partial charge in [0.15, 0.2) is 0 Å². The predicted octanol–water partition coefficient (Wildman–Crippen LogP) is 3.47. The van der Waals surface area contributed by atoms with Gasteiger partial charge in [-0.3, -0.25) is 0 Å². The van der Waals surface area contributed by atoms with E-state index < -0.39 is 0 Å². The minimum absolute atomic E-state index is 0.971. The van der Waals surface area contributed by atoms with E-state index in [-0.39, 0.29) is 0 Å². The third kappa shape index (κ3) is 5.20. The van der Waals surface area contributed by atoms with Crippen molar-refractivity contribution >= 4 is 15.9 Å². The summed E-state index contributed by atoms with van der Waals surface area (Å²) in [5.41, 5.74) is 1.35. The molecule has 0 atom stereocenters. The van der Waals surface area contributed by atoms with Crippen LogP contribution in [0.3, 0.4) is 0 Å². The van der Waals surface area contributed by atoms with Crippen molar-refractivity contribution in [3.8, 4) is 0 Å². The zero-order valence-corrected chi connectivity index (χ0v) is 9.83. The van der Waals surface area contributed by atoms with Crippen molar-refractivity contribution in [2.75, 3.05) is 6.54 Å². The molecule has 2 heteroatoms. The van der Waals surface area contributed by atoms with Crippen molar-refractivity contribution in [1.29, 1.82) is 0 Å². The molecule has 0 aromatic heterocycles. The molecule has 14 heavy (non-hydrogen) atoms. The van der Waals surface area contributed by atoms with E-state index in [0.717, 1.165) is 19.5 Å². The van der Waals surface area contributed by atoms with Gasteiger partial charge in [0.25, 0.3) is 0 Å². The summed E-state index contributed by atoms with van der Waals surface area (Å²) in [6.07, 6.45) is 4.45. The summed E-state index contributed by atoms with van der Waals surface area (Å²) in [4.78, 5) is 1.92. The summed E-state index contributed by atoms with van der Waals surface area (Å²) < 4.78 is 0. The summed E-state index contributed by atoms with van der Waals surface area (Å²) in [7, 11) is 0. The van der Waals surface area contributed by atoms with Crippen LogP contribution in [0.1, 0.15) is 18.4 Å². The van der Waals surface area contributed by atoms with Gasteiger partial charge in [-0.2, -0.15) is 0 Å². The molecule has 0 radical (unpaired) electrons. The van der Waals surface area contributed by atoms with Gasteiger partial charge in [-0.1, -0.05) is 52.3 Å². The first-order valence-electron chi connectivity index (χ1n) is 4.93. The number of allylic oxidation sites excluding steroid dienone is 1. The summed E-state index contributed by atoms with van der Waals surface area (Å²) in [6, 6.07) is 10.5. The Labute approximate surface area is 94.3 Å². The second-order valence-electron chi connectivity index (χ2n) is 3.17. The lowest BCUT2D eigenvalue weighted by Crippen LogP contribution is -2.14. The molecule has 0 amide bonds. The Balaban J connectivity index is 2.05. The molecular formula is C12H16BrN. The largest absolute Gasteiger partial charge is 0.313 e. The predicted molar refractivity (Wildman–Crippen MR) is 65.4 cm³/mol. The minimum atomic E-state index is 0.971. The van der Waals surface area contributed by atoms with Crippen molar-refractivity contribution in [3.63, 3.8) is 0 Å². The minimum Gasteiger partial charge on any atom is -0.313 e. The van der Waals surface area contributed by atoms with Gasteiger partial charge in [0.2, 0.25) is 0 Å². The number of hydrogen-bond acceptors (Lipinski definition) is 1. The molecule has 1 rings (SSSR count). The fourth-order valence-corrected chi connectivity index (χ4v) is 1.50. The van der Waals surface area contributed by atoms with E-state index >= 15 is 0 Å². The van der Waals surface area contributed by atoms with E-state index in [4.69, 9.17) is 0 Å². The van der Waals surface area contributed by atoms with Gasteiger partial charge in [0.1, 0.15) is 0 Å². The maximum Gasteiger partial charge on any atom is 0.0205 e. The van der Waals surface area contributed by atoms with Gasteiger partial charge < -0.3 is 5.32 Å². The van der Waals surface area contributed by atoms with Crippen LogP contribution in [-0.2, 0) is 6.54 Å². The molecule has 0 aliphatic heterocycles. The Hall–Kier alpha value is -0.600. The molecule has 0 saturated heterocycles. The van der Waals surface area contributed by atoms with E-state index in [2.05, 4.69) is 51.6 Å². The molecule has 1 N–H and O–H groups in total. The van der Waals surface area contributed by atoms with Crippen LogP contribution in [0.2, 0.25) is 0 Å². The molecule has 1 aromatic rings. The molecule has 1 nitrogen and oxygen atoms in total. The summed E-state index contributed by atoms with van der Waals surface area (Å²) in [6.45, 7) is 2.05. The Morgan fingerprint density at radius 3 is 2.71 bits per heavy atom. The number of rotatable bonds is 6. The first kappa shape index (κ1) is 11.5.